The van der Waals surface area contributed by atoms with Crippen LogP contribution in [-0.2, 0) is 4.79 Å². The van der Waals surface area contributed by atoms with Gasteiger partial charge >= 0.3 is 0 Å². The van der Waals surface area contributed by atoms with Gasteiger partial charge in [0.25, 0.3) is 0 Å². The number of aromatic nitrogens is 2. The Morgan fingerprint density at radius 2 is 2.16 bits per heavy atom. The Kier molecular flexibility index (Phi) is 3.75. The van der Waals surface area contributed by atoms with Gasteiger partial charge in [0.1, 0.15) is 5.82 Å². The van der Waals surface area contributed by atoms with E-state index in [2.05, 4.69) is 25.1 Å². The third kappa shape index (κ3) is 2.30. The molecule has 1 heterocycles. The number of rotatable bonds is 4. The molecule has 5 heteroatoms. The van der Waals surface area contributed by atoms with Gasteiger partial charge < -0.3 is 0 Å². The fourth-order valence-electron chi connectivity index (χ4n) is 2.03. The molecule has 1 atom stereocenters. The topological polar surface area (TPSA) is 34.9 Å². The smallest absolute Gasteiger partial charge is 0.219 e. The molecule has 0 amide bonds. The summed E-state index contributed by atoms with van der Waals surface area (Å²) in [5.41, 5.74) is 0. The van der Waals surface area contributed by atoms with Gasteiger partial charge in [-0.25, -0.2) is 9.37 Å². The average molecular weight is 280 g/mol. The highest BCUT2D eigenvalue weighted by molar-refractivity contribution is 8.33. The molecular weight excluding hydrogens is 263 g/mol. The number of hydrogen-bond donors (Lipinski definition) is 0. The van der Waals surface area contributed by atoms with Crippen LogP contribution in [0.4, 0.5) is 4.39 Å². The highest BCUT2D eigenvalue weighted by Gasteiger charge is 2.31. The number of benzene rings is 1. The van der Waals surface area contributed by atoms with Gasteiger partial charge in [0.05, 0.1) is 0 Å². The monoisotopic (exact) mass is 280 g/mol. The molecule has 2 aromatic rings. The summed E-state index contributed by atoms with van der Waals surface area (Å²) < 4.78 is 15.0. The van der Waals surface area contributed by atoms with Crippen LogP contribution in [0, 0.1) is 5.82 Å². The molecule has 1 unspecified atom stereocenters. The molecule has 0 bridgehead atoms. The second kappa shape index (κ2) is 5.17. The van der Waals surface area contributed by atoms with Crippen LogP contribution in [0.1, 0.15) is 13.8 Å². The van der Waals surface area contributed by atoms with Crippen LogP contribution in [0.3, 0.4) is 0 Å². The van der Waals surface area contributed by atoms with E-state index in [1.165, 1.54) is 10.6 Å². The van der Waals surface area contributed by atoms with E-state index < -0.39 is 10.0 Å². The Bertz CT molecular complexity index is 597. The van der Waals surface area contributed by atoms with Crippen molar-refractivity contribution < 1.29 is 9.18 Å². The molecule has 19 heavy (non-hydrogen) atoms. The third-order valence-corrected chi connectivity index (χ3v) is 7.55. The lowest BCUT2D eigenvalue weighted by Gasteiger charge is -2.39. The lowest BCUT2D eigenvalue weighted by molar-refractivity contribution is 0.542. The summed E-state index contributed by atoms with van der Waals surface area (Å²) in [4.78, 5) is 16.4. The molecule has 0 aliphatic rings. The van der Waals surface area contributed by atoms with Crippen molar-refractivity contribution >= 4 is 16.4 Å². The minimum absolute atomic E-state index is 0.246. The van der Waals surface area contributed by atoms with Gasteiger partial charge in [-0.2, -0.15) is 10.0 Å². The van der Waals surface area contributed by atoms with Crippen molar-refractivity contribution in [2.45, 2.75) is 29.1 Å². The van der Waals surface area contributed by atoms with Crippen LogP contribution in [0.15, 0.2) is 46.7 Å². The van der Waals surface area contributed by atoms with Gasteiger partial charge in [0.2, 0.25) is 6.41 Å². The molecule has 0 aliphatic carbocycles. The molecule has 1 aromatic carbocycles. The Balaban J connectivity index is 2.65. The number of imidazole rings is 1. The molecule has 0 radical (unpaired) electrons. The Morgan fingerprint density at radius 3 is 2.74 bits per heavy atom. The van der Waals surface area contributed by atoms with E-state index in [1.807, 2.05) is 6.07 Å². The summed E-state index contributed by atoms with van der Waals surface area (Å²) in [5, 5.41) is 0.957. The van der Waals surface area contributed by atoms with Crippen LogP contribution in [0.25, 0.3) is 0 Å². The minimum atomic E-state index is -1.55. The van der Waals surface area contributed by atoms with Gasteiger partial charge in [-0.3, -0.25) is 9.36 Å². The summed E-state index contributed by atoms with van der Waals surface area (Å²) >= 11 is 0. The first-order chi connectivity index (χ1) is 9.00. The van der Waals surface area contributed by atoms with E-state index in [-0.39, 0.29) is 11.1 Å². The Morgan fingerprint density at radius 1 is 1.42 bits per heavy atom. The minimum Gasteiger partial charge on any atom is -0.278 e. The zero-order valence-corrected chi connectivity index (χ0v) is 12.0. The summed E-state index contributed by atoms with van der Waals surface area (Å²) in [5.74, 6) is -0.263. The zero-order chi connectivity index (χ0) is 14.0. The van der Waals surface area contributed by atoms with Crippen LogP contribution in [0.5, 0.6) is 0 Å². The molecule has 0 saturated heterocycles. The van der Waals surface area contributed by atoms with Crippen molar-refractivity contribution in [1.82, 2.24) is 9.55 Å². The second-order valence-corrected chi connectivity index (χ2v) is 8.45. The number of hydrogen-bond acceptors (Lipinski definition) is 2. The van der Waals surface area contributed by atoms with Crippen molar-refractivity contribution in [1.29, 1.82) is 0 Å². The van der Waals surface area contributed by atoms with E-state index >= 15 is 0 Å². The first-order valence-corrected chi connectivity index (χ1v) is 8.11. The summed E-state index contributed by atoms with van der Waals surface area (Å²) in [6.07, 6.45) is 6.05. The van der Waals surface area contributed by atoms with Crippen LogP contribution < -0.4 is 0 Å². The zero-order valence-electron chi connectivity index (χ0n) is 11.2. The fourth-order valence-corrected chi connectivity index (χ4v) is 4.74. The van der Waals surface area contributed by atoms with E-state index in [0.29, 0.717) is 5.16 Å². The molecule has 3 nitrogen and oxygen atoms in total. The van der Waals surface area contributed by atoms with Crippen LogP contribution in [0.2, 0.25) is 0 Å². The van der Waals surface area contributed by atoms with E-state index in [1.54, 1.807) is 24.5 Å². The number of carbonyl (C=O) groups excluding carboxylic acids is 1. The second-order valence-electron chi connectivity index (χ2n) is 4.71. The van der Waals surface area contributed by atoms with Crippen LogP contribution in [-0.4, -0.2) is 27.5 Å². The first-order valence-electron chi connectivity index (χ1n) is 6.01. The molecule has 2 rings (SSSR count). The third-order valence-electron chi connectivity index (χ3n) is 3.35. The van der Waals surface area contributed by atoms with Crippen molar-refractivity contribution in [3.63, 3.8) is 0 Å². The maximum atomic E-state index is 13.5. The maximum Gasteiger partial charge on any atom is 0.219 e. The predicted octanol–water partition coefficient (Wildman–Crippen LogP) is 3.32. The van der Waals surface area contributed by atoms with Crippen molar-refractivity contribution in [2.75, 3.05) is 6.26 Å². The highest BCUT2D eigenvalue weighted by atomic mass is 32.3. The van der Waals surface area contributed by atoms with Crippen molar-refractivity contribution in [2.24, 2.45) is 0 Å². The van der Waals surface area contributed by atoms with Crippen LogP contribution >= 0.6 is 10.0 Å². The molecular formula is C14H17FN2OS. The van der Waals surface area contributed by atoms with Gasteiger partial charge in [0, 0.05) is 12.4 Å². The molecule has 1 aromatic heterocycles. The number of carbonyl (C=O) groups is 1. The largest absolute Gasteiger partial charge is 0.278 e. The molecule has 102 valence electrons. The summed E-state index contributed by atoms with van der Waals surface area (Å²) in [6.45, 7) is 4.15. The molecule has 0 fully saturated rings. The summed E-state index contributed by atoms with van der Waals surface area (Å²) in [7, 11) is -1.55. The van der Waals surface area contributed by atoms with Crippen molar-refractivity contribution in [3.05, 3.63) is 42.5 Å². The Hall–Kier alpha value is -1.62. The maximum absolute atomic E-state index is 13.5. The van der Waals surface area contributed by atoms with Crippen molar-refractivity contribution in [3.8, 4) is 0 Å². The van der Waals surface area contributed by atoms with E-state index in [9.17, 15) is 9.18 Å². The summed E-state index contributed by atoms with van der Waals surface area (Å²) in [6, 6.07) is 6.57. The fraction of sp³-hybridized carbons (Fsp3) is 0.286. The highest BCUT2D eigenvalue weighted by Crippen LogP contribution is 2.62. The number of halogens is 1. The SMILES string of the molecule is CC(C)S(C)(c1cccc(F)c1)c1nccn1C=O. The van der Waals surface area contributed by atoms with Gasteiger partial charge in [-0.1, -0.05) is 19.9 Å². The van der Waals surface area contributed by atoms with Gasteiger partial charge in [-0.15, -0.1) is 0 Å². The predicted molar refractivity (Wildman–Crippen MR) is 76.0 cm³/mol. The lowest BCUT2D eigenvalue weighted by atomic mass is 10.3. The average Bonchev–Trinajstić information content (AvgIpc) is 2.86. The van der Waals surface area contributed by atoms with Gasteiger partial charge in [-0.05, 0) is 34.6 Å². The molecule has 0 saturated carbocycles. The molecule has 0 aliphatic heterocycles. The quantitative estimate of drug-likeness (QED) is 0.805. The standard InChI is InChI=1S/C14H17FN2OS/c1-11(2)19(3,13-6-4-5-12(15)9-13)14-16-7-8-17(14)10-18/h4-11H,1-3H3. The lowest BCUT2D eigenvalue weighted by Crippen LogP contribution is -2.16. The molecule has 0 spiro atoms. The number of nitrogens with zero attached hydrogens (tertiary/aromatic N) is 2. The van der Waals surface area contributed by atoms with E-state index in [0.717, 1.165) is 11.3 Å². The molecule has 0 N–H and O–H groups in total. The van der Waals surface area contributed by atoms with E-state index in [4.69, 9.17) is 0 Å². The van der Waals surface area contributed by atoms with Gasteiger partial charge in [0.15, 0.2) is 5.16 Å². The Labute approximate surface area is 113 Å². The normalized spacial score (nSPS) is 16.1. The first kappa shape index (κ1) is 13.8.